The van der Waals surface area contributed by atoms with Crippen LogP contribution in [0.1, 0.15) is 22.7 Å². The molecule has 2 aromatic carbocycles. The number of non-ortho nitro benzene ring substituents is 1. The highest BCUT2D eigenvalue weighted by Crippen LogP contribution is 2.53. The number of nitro groups is 1. The zero-order chi connectivity index (χ0) is 22.0. The van der Waals surface area contributed by atoms with Crippen molar-refractivity contribution in [2.75, 3.05) is 4.90 Å². The van der Waals surface area contributed by atoms with E-state index in [1.807, 2.05) is 30.3 Å². The largest absolute Gasteiger partial charge is 0.368 e. The van der Waals surface area contributed by atoms with Gasteiger partial charge in [0, 0.05) is 18.3 Å². The van der Waals surface area contributed by atoms with Crippen molar-refractivity contribution in [3.05, 3.63) is 75.5 Å². The molecule has 31 heavy (non-hydrogen) atoms. The zero-order valence-electron chi connectivity index (χ0n) is 16.5. The minimum absolute atomic E-state index is 0.131. The van der Waals surface area contributed by atoms with E-state index in [1.54, 1.807) is 18.0 Å². The molecule has 2 aromatic rings. The number of aryl methyl sites for hydroxylation is 1. The van der Waals surface area contributed by atoms with E-state index in [0.29, 0.717) is 5.56 Å². The predicted octanol–water partition coefficient (Wildman–Crippen LogP) is 1.90. The minimum Gasteiger partial charge on any atom is -0.368 e. The van der Waals surface area contributed by atoms with Crippen LogP contribution in [0.2, 0.25) is 0 Å². The summed E-state index contributed by atoms with van der Waals surface area (Å²) in [6.45, 7) is 1.60. The molecule has 5 rings (SSSR count). The first kappa shape index (κ1) is 19.0. The second kappa shape index (κ2) is 6.49. The summed E-state index contributed by atoms with van der Waals surface area (Å²) in [5.41, 5.74) is 8.03. The van der Waals surface area contributed by atoms with Crippen LogP contribution >= 0.6 is 0 Å². The number of nitro benzene ring substituents is 1. The van der Waals surface area contributed by atoms with E-state index in [9.17, 15) is 24.5 Å². The van der Waals surface area contributed by atoms with Gasteiger partial charge in [-0.1, -0.05) is 24.3 Å². The normalized spacial score (nSPS) is 26.0. The number of hydrogen-bond acceptors (Lipinski definition) is 6. The third kappa shape index (κ3) is 2.52. The van der Waals surface area contributed by atoms with Gasteiger partial charge in [-0.2, -0.15) is 0 Å². The van der Waals surface area contributed by atoms with Crippen molar-refractivity contribution in [2.45, 2.75) is 19.0 Å². The summed E-state index contributed by atoms with van der Waals surface area (Å²) < 4.78 is 0. The molecule has 0 saturated carbocycles. The van der Waals surface area contributed by atoms with Crippen LogP contribution in [0.15, 0.2) is 48.7 Å². The standard InChI is InChI=1S/C22H18N4O5/c1-11-10-13(26(30)31)6-7-15(11)25-21(28)16-17(22(25)29)19(20(23)27)24-9-8-12-4-2-3-5-14(12)18(16)24/h2-10,16-19H,1H3,(H2,23,27). The third-order valence-corrected chi connectivity index (χ3v) is 6.39. The van der Waals surface area contributed by atoms with Crippen LogP contribution in [0.3, 0.4) is 0 Å². The lowest BCUT2D eigenvalue weighted by Crippen LogP contribution is -2.47. The maximum atomic E-state index is 13.6. The Labute approximate surface area is 176 Å². The number of nitrogens with two attached hydrogens (primary N) is 1. The van der Waals surface area contributed by atoms with Gasteiger partial charge in [-0.3, -0.25) is 24.5 Å². The van der Waals surface area contributed by atoms with Crippen LogP contribution < -0.4 is 10.6 Å². The molecule has 4 atom stereocenters. The first-order valence-corrected chi connectivity index (χ1v) is 9.78. The molecule has 2 N–H and O–H groups in total. The van der Waals surface area contributed by atoms with Crippen molar-refractivity contribution in [3.8, 4) is 0 Å². The zero-order valence-corrected chi connectivity index (χ0v) is 16.5. The Morgan fingerprint density at radius 3 is 2.48 bits per heavy atom. The molecule has 9 heteroatoms. The Bertz CT molecular complexity index is 1210. The van der Waals surface area contributed by atoms with Crippen LogP contribution in [0.4, 0.5) is 11.4 Å². The summed E-state index contributed by atoms with van der Waals surface area (Å²) >= 11 is 0. The quantitative estimate of drug-likeness (QED) is 0.461. The van der Waals surface area contributed by atoms with E-state index in [-0.39, 0.29) is 11.4 Å². The summed E-state index contributed by atoms with van der Waals surface area (Å²) in [6, 6.07) is 10.0. The van der Waals surface area contributed by atoms with Crippen molar-refractivity contribution >= 4 is 35.2 Å². The molecular weight excluding hydrogens is 400 g/mol. The monoisotopic (exact) mass is 418 g/mol. The number of fused-ring (bicyclic) bond motifs is 5. The van der Waals surface area contributed by atoms with Gasteiger partial charge < -0.3 is 10.6 Å². The fraction of sp³-hybridized carbons (Fsp3) is 0.227. The molecule has 3 amide bonds. The van der Waals surface area contributed by atoms with Crippen molar-refractivity contribution < 1.29 is 19.3 Å². The molecular formula is C22H18N4O5. The second-order valence-corrected chi connectivity index (χ2v) is 7.98. The smallest absolute Gasteiger partial charge is 0.269 e. The Morgan fingerprint density at radius 2 is 1.81 bits per heavy atom. The average molecular weight is 418 g/mol. The lowest BCUT2D eigenvalue weighted by atomic mass is 9.84. The first-order chi connectivity index (χ1) is 14.8. The Kier molecular flexibility index (Phi) is 3.98. The molecule has 3 aliphatic heterocycles. The Hall–Kier alpha value is -4.01. The SMILES string of the molecule is Cc1cc([N+](=O)[O-])ccc1N1C(=O)C2C(C1=O)C1c3ccccc3C=CN1C2C(N)=O. The maximum Gasteiger partial charge on any atom is 0.269 e. The maximum absolute atomic E-state index is 13.6. The van der Waals surface area contributed by atoms with Crippen molar-refractivity contribution in [2.24, 2.45) is 17.6 Å². The van der Waals surface area contributed by atoms with E-state index in [2.05, 4.69) is 0 Å². The molecule has 0 radical (unpaired) electrons. The van der Waals surface area contributed by atoms with E-state index in [0.717, 1.165) is 16.0 Å². The number of nitrogens with zero attached hydrogens (tertiary/aromatic N) is 3. The van der Waals surface area contributed by atoms with Gasteiger partial charge in [0.2, 0.25) is 17.7 Å². The topological polar surface area (TPSA) is 127 Å². The van der Waals surface area contributed by atoms with Gasteiger partial charge in [-0.15, -0.1) is 0 Å². The molecule has 0 spiro atoms. The molecule has 2 fully saturated rings. The molecule has 2 saturated heterocycles. The van der Waals surface area contributed by atoms with Gasteiger partial charge >= 0.3 is 0 Å². The lowest BCUT2D eigenvalue weighted by molar-refractivity contribution is -0.384. The number of primary amides is 1. The van der Waals surface area contributed by atoms with Crippen molar-refractivity contribution in [1.29, 1.82) is 0 Å². The molecule has 156 valence electrons. The van der Waals surface area contributed by atoms with Crippen molar-refractivity contribution in [3.63, 3.8) is 0 Å². The fourth-order valence-corrected chi connectivity index (χ4v) is 5.12. The highest BCUT2D eigenvalue weighted by atomic mass is 16.6. The fourth-order valence-electron chi connectivity index (χ4n) is 5.12. The van der Waals surface area contributed by atoms with Crippen LogP contribution in [0.25, 0.3) is 6.08 Å². The number of hydrogen-bond donors (Lipinski definition) is 1. The van der Waals surface area contributed by atoms with E-state index >= 15 is 0 Å². The molecule has 9 nitrogen and oxygen atoms in total. The van der Waals surface area contributed by atoms with E-state index in [4.69, 9.17) is 5.73 Å². The van der Waals surface area contributed by atoms with Crippen LogP contribution in [-0.4, -0.2) is 33.6 Å². The highest BCUT2D eigenvalue weighted by Gasteiger charge is 2.64. The Morgan fingerprint density at radius 1 is 1.10 bits per heavy atom. The van der Waals surface area contributed by atoms with Crippen molar-refractivity contribution in [1.82, 2.24) is 4.90 Å². The van der Waals surface area contributed by atoms with E-state index in [1.165, 1.54) is 18.2 Å². The number of carbonyl (C=O) groups excluding carboxylic acids is 3. The third-order valence-electron chi connectivity index (χ3n) is 6.39. The van der Waals surface area contributed by atoms with Gasteiger partial charge in [-0.25, -0.2) is 4.90 Å². The molecule has 3 aliphatic rings. The van der Waals surface area contributed by atoms with Gasteiger partial charge in [0.05, 0.1) is 28.5 Å². The molecule has 4 unspecified atom stereocenters. The lowest BCUT2D eigenvalue weighted by Gasteiger charge is -2.34. The van der Waals surface area contributed by atoms with Gasteiger partial charge in [-0.05, 0) is 35.8 Å². The minimum atomic E-state index is -0.959. The highest BCUT2D eigenvalue weighted by molar-refractivity contribution is 6.24. The number of carbonyl (C=O) groups is 3. The van der Waals surface area contributed by atoms with Gasteiger partial charge in [0.15, 0.2) is 0 Å². The summed E-state index contributed by atoms with van der Waals surface area (Å²) in [6.07, 6.45) is 3.57. The summed E-state index contributed by atoms with van der Waals surface area (Å²) in [4.78, 5) is 52.7. The number of amides is 3. The van der Waals surface area contributed by atoms with Crippen LogP contribution in [0, 0.1) is 28.9 Å². The van der Waals surface area contributed by atoms with Crippen LogP contribution in [-0.2, 0) is 14.4 Å². The Balaban J connectivity index is 1.63. The molecule has 0 aromatic heterocycles. The first-order valence-electron chi connectivity index (χ1n) is 9.78. The van der Waals surface area contributed by atoms with Gasteiger partial charge in [0.1, 0.15) is 6.04 Å². The number of anilines is 1. The summed E-state index contributed by atoms with van der Waals surface area (Å²) in [5.74, 6) is -3.34. The second-order valence-electron chi connectivity index (χ2n) is 7.98. The molecule has 0 aliphatic carbocycles. The van der Waals surface area contributed by atoms with Crippen LogP contribution in [0.5, 0.6) is 0 Å². The predicted molar refractivity (Wildman–Crippen MR) is 110 cm³/mol. The number of benzene rings is 2. The summed E-state index contributed by atoms with van der Waals surface area (Å²) in [7, 11) is 0. The van der Waals surface area contributed by atoms with E-state index < -0.39 is 46.6 Å². The molecule has 0 bridgehead atoms. The van der Waals surface area contributed by atoms with Gasteiger partial charge in [0.25, 0.3) is 5.69 Å². The average Bonchev–Trinajstić information content (AvgIpc) is 3.21. The number of imide groups is 1. The number of rotatable bonds is 3. The molecule has 3 heterocycles. The summed E-state index contributed by atoms with van der Waals surface area (Å²) in [5, 5.41) is 11.1.